The summed E-state index contributed by atoms with van der Waals surface area (Å²) < 4.78 is 0. The molecule has 0 saturated carbocycles. The Morgan fingerprint density at radius 2 is 0.773 bits per heavy atom. The van der Waals surface area contributed by atoms with E-state index < -0.39 is 0 Å². The molecular weight excluding hydrogens is 530 g/mol. The summed E-state index contributed by atoms with van der Waals surface area (Å²) in [6, 6.07) is 59.2. The highest BCUT2D eigenvalue weighted by molar-refractivity contribution is 6.22. The zero-order valence-corrected chi connectivity index (χ0v) is 24.0. The number of para-hydroxylation sites is 1. The molecule has 9 aromatic rings. The number of hydrogen-bond donors (Lipinski definition) is 0. The predicted octanol–water partition coefficient (Wildman–Crippen LogP) is 11.8. The Morgan fingerprint density at radius 1 is 0.295 bits per heavy atom. The highest BCUT2D eigenvalue weighted by atomic mass is 14.7. The molecular formula is C43H27N. The third kappa shape index (κ3) is 3.98. The second-order valence-corrected chi connectivity index (χ2v) is 11.6. The second-order valence-electron chi connectivity index (χ2n) is 11.6. The van der Waals surface area contributed by atoms with Crippen LogP contribution in [0.25, 0.3) is 87.5 Å². The topological polar surface area (TPSA) is 12.9 Å². The first-order valence-corrected chi connectivity index (χ1v) is 15.1. The molecule has 44 heavy (non-hydrogen) atoms. The highest BCUT2D eigenvalue weighted by Gasteiger charge is 2.13. The van der Waals surface area contributed by atoms with Crippen LogP contribution < -0.4 is 0 Å². The molecule has 0 atom stereocenters. The molecule has 0 fully saturated rings. The van der Waals surface area contributed by atoms with Crippen molar-refractivity contribution in [3.05, 3.63) is 164 Å². The van der Waals surface area contributed by atoms with Crippen LogP contribution in [-0.2, 0) is 0 Å². The van der Waals surface area contributed by atoms with E-state index in [1.54, 1.807) is 0 Å². The molecule has 9 rings (SSSR count). The first-order chi connectivity index (χ1) is 21.8. The molecule has 8 aromatic carbocycles. The maximum absolute atomic E-state index is 5.17. The first kappa shape index (κ1) is 24.8. The minimum atomic E-state index is 1.02. The van der Waals surface area contributed by atoms with Crippen molar-refractivity contribution < 1.29 is 0 Å². The van der Waals surface area contributed by atoms with Gasteiger partial charge in [0, 0.05) is 21.7 Å². The minimum Gasteiger partial charge on any atom is -0.247 e. The van der Waals surface area contributed by atoms with Crippen LogP contribution in [0, 0.1) is 0 Å². The summed E-state index contributed by atoms with van der Waals surface area (Å²) in [4.78, 5) is 5.17. The molecule has 0 aliphatic carbocycles. The zero-order chi connectivity index (χ0) is 29.0. The summed E-state index contributed by atoms with van der Waals surface area (Å²) in [6.45, 7) is 0. The van der Waals surface area contributed by atoms with Crippen molar-refractivity contribution >= 4 is 54.0 Å². The Labute approximate surface area is 255 Å². The van der Waals surface area contributed by atoms with Gasteiger partial charge in [-0.05, 0) is 66.7 Å². The fourth-order valence-corrected chi connectivity index (χ4v) is 6.81. The standard InChI is InChI=1S/C43H27N/c1-3-9-36-31(7-1)19-22-35-27-34(24-25-37(35)36)30-15-13-28(14-16-30)29-17-20-33(21-18-29)43-40-26-23-32-8-2-4-10-38(32)42(40)39-11-5-6-12-41(39)44-43/h1-27H. The van der Waals surface area contributed by atoms with Crippen LogP contribution >= 0.6 is 0 Å². The monoisotopic (exact) mass is 557 g/mol. The van der Waals surface area contributed by atoms with Gasteiger partial charge in [0.2, 0.25) is 0 Å². The molecule has 0 saturated heterocycles. The minimum absolute atomic E-state index is 1.02. The van der Waals surface area contributed by atoms with Crippen molar-refractivity contribution in [2.45, 2.75) is 0 Å². The van der Waals surface area contributed by atoms with Gasteiger partial charge < -0.3 is 0 Å². The zero-order valence-electron chi connectivity index (χ0n) is 24.0. The lowest BCUT2D eigenvalue weighted by molar-refractivity contribution is 1.43. The van der Waals surface area contributed by atoms with Crippen molar-refractivity contribution in [1.29, 1.82) is 0 Å². The van der Waals surface area contributed by atoms with Gasteiger partial charge in [0.25, 0.3) is 0 Å². The number of fused-ring (bicyclic) bond motifs is 8. The van der Waals surface area contributed by atoms with E-state index in [1.165, 1.54) is 70.7 Å². The number of nitrogens with zero attached hydrogens (tertiary/aromatic N) is 1. The number of hydrogen-bond acceptors (Lipinski definition) is 1. The molecule has 1 heteroatoms. The predicted molar refractivity (Wildman–Crippen MR) is 188 cm³/mol. The van der Waals surface area contributed by atoms with Crippen LogP contribution in [0.4, 0.5) is 0 Å². The van der Waals surface area contributed by atoms with Crippen molar-refractivity contribution in [1.82, 2.24) is 4.98 Å². The molecule has 0 N–H and O–H groups in total. The molecule has 0 spiro atoms. The summed E-state index contributed by atoms with van der Waals surface area (Å²) in [5.74, 6) is 0. The molecule has 0 amide bonds. The van der Waals surface area contributed by atoms with E-state index in [9.17, 15) is 0 Å². The number of benzene rings is 8. The summed E-state index contributed by atoms with van der Waals surface area (Å²) in [6.07, 6.45) is 0. The van der Waals surface area contributed by atoms with Gasteiger partial charge >= 0.3 is 0 Å². The molecule has 0 aliphatic heterocycles. The summed E-state index contributed by atoms with van der Waals surface area (Å²) in [5.41, 5.74) is 8.02. The van der Waals surface area contributed by atoms with Gasteiger partial charge in [0.15, 0.2) is 0 Å². The van der Waals surface area contributed by atoms with Crippen LogP contribution in [-0.4, -0.2) is 4.98 Å². The lowest BCUT2D eigenvalue weighted by Gasteiger charge is -2.13. The van der Waals surface area contributed by atoms with E-state index in [1.807, 2.05) is 0 Å². The average molecular weight is 558 g/mol. The maximum Gasteiger partial charge on any atom is 0.0788 e. The van der Waals surface area contributed by atoms with Crippen molar-refractivity contribution in [3.8, 4) is 33.5 Å². The van der Waals surface area contributed by atoms with Crippen molar-refractivity contribution in [3.63, 3.8) is 0 Å². The quantitative estimate of drug-likeness (QED) is 0.197. The normalized spacial score (nSPS) is 11.6. The van der Waals surface area contributed by atoms with E-state index in [0.29, 0.717) is 0 Å². The molecule has 0 aliphatic rings. The van der Waals surface area contributed by atoms with E-state index >= 15 is 0 Å². The summed E-state index contributed by atoms with van der Waals surface area (Å²) >= 11 is 0. The lowest BCUT2D eigenvalue weighted by Crippen LogP contribution is -1.91. The van der Waals surface area contributed by atoms with Crippen LogP contribution in [0.5, 0.6) is 0 Å². The molecule has 0 unspecified atom stereocenters. The second kappa shape index (κ2) is 9.90. The van der Waals surface area contributed by atoms with E-state index in [-0.39, 0.29) is 0 Å². The first-order valence-electron chi connectivity index (χ1n) is 15.1. The Kier molecular flexibility index (Phi) is 5.57. The van der Waals surface area contributed by atoms with Crippen molar-refractivity contribution in [2.75, 3.05) is 0 Å². The maximum atomic E-state index is 5.17. The Morgan fingerprint density at radius 3 is 1.52 bits per heavy atom. The van der Waals surface area contributed by atoms with E-state index in [2.05, 4.69) is 164 Å². The van der Waals surface area contributed by atoms with E-state index in [4.69, 9.17) is 4.98 Å². The third-order valence-corrected chi connectivity index (χ3v) is 9.04. The van der Waals surface area contributed by atoms with Crippen LogP contribution in [0.15, 0.2) is 164 Å². The smallest absolute Gasteiger partial charge is 0.0788 e. The number of rotatable bonds is 3. The van der Waals surface area contributed by atoms with Gasteiger partial charge in [-0.25, -0.2) is 4.98 Å². The lowest BCUT2D eigenvalue weighted by atomic mass is 9.94. The molecule has 0 radical (unpaired) electrons. The van der Waals surface area contributed by atoms with E-state index in [0.717, 1.165) is 16.8 Å². The van der Waals surface area contributed by atoms with Gasteiger partial charge in [-0.3, -0.25) is 0 Å². The van der Waals surface area contributed by atoms with Crippen molar-refractivity contribution in [2.24, 2.45) is 0 Å². The van der Waals surface area contributed by atoms with Gasteiger partial charge in [0.05, 0.1) is 11.2 Å². The number of pyridine rings is 1. The fourth-order valence-electron chi connectivity index (χ4n) is 6.81. The number of aromatic nitrogens is 1. The molecule has 1 aromatic heterocycles. The summed E-state index contributed by atoms with van der Waals surface area (Å²) in [7, 11) is 0. The fraction of sp³-hybridized carbons (Fsp3) is 0. The van der Waals surface area contributed by atoms with Gasteiger partial charge in [0.1, 0.15) is 0 Å². The van der Waals surface area contributed by atoms with Crippen LogP contribution in [0.2, 0.25) is 0 Å². The molecule has 1 heterocycles. The Balaban J connectivity index is 1.08. The molecule has 204 valence electrons. The Bertz CT molecular complexity index is 2510. The SMILES string of the molecule is c1ccc2c(c1)ccc1cc(-c3ccc(-c4ccc(-c5nc6ccccc6c6c5ccc5ccccc56)cc4)cc3)ccc12. The largest absolute Gasteiger partial charge is 0.247 e. The molecule has 1 nitrogen and oxygen atoms in total. The Hall–Kier alpha value is -5.79. The van der Waals surface area contributed by atoms with Gasteiger partial charge in [-0.2, -0.15) is 0 Å². The summed E-state index contributed by atoms with van der Waals surface area (Å²) in [5, 5.41) is 11.3. The van der Waals surface area contributed by atoms with Crippen LogP contribution in [0.1, 0.15) is 0 Å². The third-order valence-electron chi connectivity index (χ3n) is 9.04. The molecule has 0 bridgehead atoms. The van der Waals surface area contributed by atoms with Gasteiger partial charge in [-0.1, -0.05) is 152 Å². The average Bonchev–Trinajstić information content (AvgIpc) is 3.11. The van der Waals surface area contributed by atoms with Gasteiger partial charge in [-0.15, -0.1) is 0 Å². The van der Waals surface area contributed by atoms with Crippen LogP contribution in [0.3, 0.4) is 0 Å². The highest BCUT2D eigenvalue weighted by Crippen LogP contribution is 2.38.